The molecule has 0 saturated heterocycles. The maximum Gasteiger partial charge on any atom is 0.307 e. The van der Waals surface area contributed by atoms with Crippen LogP contribution in [0.4, 0.5) is 0 Å². The van der Waals surface area contributed by atoms with E-state index in [1.165, 1.54) is 26.4 Å². The van der Waals surface area contributed by atoms with Gasteiger partial charge >= 0.3 is 5.97 Å². The Kier molecular flexibility index (Phi) is 8.95. The van der Waals surface area contributed by atoms with Crippen LogP contribution in [-0.4, -0.2) is 50.7 Å². The summed E-state index contributed by atoms with van der Waals surface area (Å²) in [6.45, 7) is 1.20. The Balaban J connectivity index is 1.85. The van der Waals surface area contributed by atoms with Crippen molar-refractivity contribution in [3.63, 3.8) is 0 Å². The minimum Gasteiger partial charge on any atom is -0.497 e. The van der Waals surface area contributed by atoms with Gasteiger partial charge in [0.1, 0.15) is 18.1 Å². The van der Waals surface area contributed by atoms with Crippen molar-refractivity contribution in [3.05, 3.63) is 24.3 Å². The Morgan fingerprint density at radius 2 is 1.67 bits per heavy atom. The van der Waals surface area contributed by atoms with E-state index in [4.69, 9.17) is 14.2 Å². The van der Waals surface area contributed by atoms with Gasteiger partial charge < -0.3 is 19.1 Å². The quantitative estimate of drug-likeness (QED) is 0.585. The van der Waals surface area contributed by atoms with Gasteiger partial charge in [0.2, 0.25) is 5.91 Å². The third kappa shape index (κ3) is 7.49. The first-order valence-corrected chi connectivity index (χ1v) is 9.74. The first-order chi connectivity index (χ1) is 13.1. The molecule has 1 fully saturated rings. The van der Waals surface area contributed by atoms with Gasteiger partial charge in [0.15, 0.2) is 0 Å². The van der Waals surface area contributed by atoms with Gasteiger partial charge in [-0.05, 0) is 43.0 Å². The van der Waals surface area contributed by atoms with Crippen LogP contribution in [0, 0.1) is 5.92 Å². The monoisotopic (exact) mass is 377 g/mol. The summed E-state index contributed by atoms with van der Waals surface area (Å²) in [7, 11) is 2.98. The highest BCUT2D eigenvalue weighted by molar-refractivity contribution is 5.77. The van der Waals surface area contributed by atoms with Crippen molar-refractivity contribution >= 4 is 11.9 Å². The third-order valence-corrected chi connectivity index (χ3v) is 5.04. The highest BCUT2D eigenvalue weighted by Gasteiger charge is 2.21. The Morgan fingerprint density at radius 3 is 2.30 bits per heavy atom. The first kappa shape index (κ1) is 21.1. The largest absolute Gasteiger partial charge is 0.497 e. The van der Waals surface area contributed by atoms with Crippen molar-refractivity contribution < 1.29 is 23.8 Å². The summed E-state index contributed by atoms with van der Waals surface area (Å²) in [6, 6.07) is 7.33. The van der Waals surface area contributed by atoms with Gasteiger partial charge in [-0.1, -0.05) is 19.3 Å². The van der Waals surface area contributed by atoms with Crippen LogP contribution in [0.1, 0.15) is 44.9 Å². The number of hydrogen-bond acceptors (Lipinski definition) is 5. The van der Waals surface area contributed by atoms with Crippen molar-refractivity contribution in [2.45, 2.75) is 44.9 Å². The second-order valence-corrected chi connectivity index (χ2v) is 6.94. The predicted octanol–water partition coefficient (Wildman–Crippen LogP) is 3.44. The fourth-order valence-corrected chi connectivity index (χ4v) is 3.40. The van der Waals surface area contributed by atoms with Crippen LogP contribution < -0.4 is 9.47 Å². The zero-order valence-corrected chi connectivity index (χ0v) is 16.4. The molecule has 0 unspecified atom stereocenters. The van der Waals surface area contributed by atoms with E-state index in [-0.39, 0.29) is 18.3 Å². The molecule has 0 aromatic heterocycles. The second-order valence-electron chi connectivity index (χ2n) is 6.94. The molecule has 0 N–H and O–H groups in total. The molecular weight excluding hydrogens is 346 g/mol. The number of ether oxygens (including phenoxy) is 3. The minimum absolute atomic E-state index is 0.101. The van der Waals surface area contributed by atoms with Crippen molar-refractivity contribution in [1.29, 1.82) is 0 Å². The van der Waals surface area contributed by atoms with Crippen molar-refractivity contribution in [3.8, 4) is 11.5 Å². The summed E-state index contributed by atoms with van der Waals surface area (Å²) in [5.74, 6) is 1.76. The number of hydrogen-bond donors (Lipinski definition) is 0. The minimum atomic E-state index is -0.304. The van der Waals surface area contributed by atoms with Gasteiger partial charge in [0.25, 0.3) is 0 Å². The summed E-state index contributed by atoms with van der Waals surface area (Å²) in [4.78, 5) is 26.0. The highest BCUT2D eigenvalue weighted by Crippen LogP contribution is 2.27. The molecule has 2 rings (SSSR count). The van der Waals surface area contributed by atoms with E-state index in [2.05, 4.69) is 0 Å². The van der Waals surface area contributed by atoms with E-state index < -0.39 is 0 Å². The van der Waals surface area contributed by atoms with Crippen molar-refractivity contribution in [2.24, 2.45) is 5.92 Å². The van der Waals surface area contributed by atoms with E-state index in [0.717, 1.165) is 24.3 Å². The summed E-state index contributed by atoms with van der Waals surface area (Å²) in [5, 5.41) is 0. The van der Waals surface area contributed by atoms with Crippen LogP contribution in [0.25, 0.3) is 0 Å². The van der Waals surface area contributed by atoms with Crippen LogP contribution in [0.3, 0.4) is 0 Å². The van der Waals surface area contributed by atoms with Crippen molar-refractivity contribution in [2.75, 3.05) is 33.9 Å². The molecule has 1 saturated carbocycles. The highest BCUT2D eigenvalue weighted by atomic mass is 16.5. The number of carbonyl (C=O) groups excluding carboxylic acids is 2. The van der Waals surface area contributed by atoms with E-state index in [0.29, 0.717) is 32.0 Å². The zero-order chi connectivity index (χ0) is 19.5. The average Bonchev–Trinajstić information content (AvgIpc) is 2.71. The molecule has 1 aromatic carbocycles. The Bertz CT molecular complexity index is 581. The zero-order valence-electron chi connectivity index (χ0n) is 16.4. The molecule has 0 aliphatic heterocycles. The van der Waals surface area contributed by atoms with E-state index in [1.807, 2.05) is 24.3 Å². The lowest BCUT2D eigenvalue weighted by Crippen LogP contribution is -2.37. The SMILES string of the molecule is COC(=O)CCN(CCOc1ccc(OC)cc1)C(=O)CC1CCCCC1. The molecule has 6 nitrogen and oxygen atoms in total. The fraction of sp³-hybridized carbons (Fsp3) is 0.619. The van der Waals surface area contributed by atoms with Gasteiger partial charge in [-0.2, -0.15) is 0 Å². The molecule has 1 aliphatic carbocycles. The maximum absolute atomic E-state index is 12.7. The van der Waals surface area contributed by atoms with Crippen LogP contribution >= 0.6 is 0 Å². The summed E-state index contributed by atoms with van der Waals surface area (Å²) < 4.78 is 15.6. The molecule has 6 heteroatoms. The number of esters is 1. The third-order valence-electron chi connectivity index (χ3n) is 5.04. The Morgan fingerprint density at radius 1 is 1.00 bits per heavy atom. The van der Waals surface area contributed by atoms with Gasteiger partial charge in [-0.25, -0.2) is 0 Å². The summed E-state index contributed by atoms with van der Waals surface area (Å²) in [6.07, 6.45) is 6.70. The number of carbonyl (C=O) groups is 2. The lowest BCUT2D eigenvalue weighted by Gasteiger charge is -2.26. The normalized spacial score (nSPS) is 14.4. The number of methoxy groups -OCH3 is 2. The second kappa shape index (κ2) is 11.5. The predicted molar refractivity (Wildman–Crippen MR) is 103 cm³/mol. The Hall–Kier alpha value is -2.24. The lowest BCUT2D eigenvalue weighted by molar-refractivity contribution is -0.142. The lowest BCUT2D eigenvalue weighted by atomic mass is 9.86. The maximum atomic E-state index is 12.7. The molecule has 150 valence electrons. The van der Waals surface area contributed by atoms with E-state index in [1.54, 1.807) is 12.0 Å². The number of amides is 1. The van der Waals surface area contributed by atoms with Crippen LogP contribution in [0.2, 0.25) is 0 Å². The van der Waals surface area contributed by atoms with E-state index >= 15 is 0 Å². The van der Waals surface area contributed by atoms with Crippen LogP contribution in [0.5, 0.6) is 11.5 Å². The smallest absolute Gasteiger partial charge is 0.307 e. The Labute approximate surface area is 161 Å². The molecule has 0 atom stereocenters. The molecule has 0 spiro atoms. The number of benzene rings is 1. The molecular formula is C21H31NO5. The standard InChI is InChI=1S/C21H31NO5/c1-25-18-8-10-19(11-9-18)27-15-14-22(13-12-21(24)26-2)20(23)16-17-6-4-3-5-7-17/h8-11,17H,3-7,12-16H2,1-2H3. The summed E-state index contributed by atoms with van der Waals surface area (Å²) >= 11 is 0. The van der Waals surface area contributed by atoms with Crippen LogP contribution in [0.15, 0.2) is 24.3 Å². The molecule has 1 aliphatic rings. The van der Waals surface area contributed by atoms with Gasteiger partial charge in [-0.15, -0.1) is 0 Å². The first-order valence-electron chi connectivity index (χ1n) is 9.74. The fourth-order valence-electron chi connectivity index (χ4n) is 3.40. The number of nitrogens with zero attached hydrogens (tertiary/aromatic N) is 1. The van der Waals surface area contributed by atoms with Gasteiger partial charge in [0.05, 0.1) is 27.2 Å². The van der Waals surface area contributed by atoms with Gasteiger partial charge in [-0.3, -0.25) is 9.59 Å². The van der Waals surface area contributed by atoms with Gasteiger partial charge in [0, 0.05) is 13.0 Å². The number of rotatable bonds is 10. The molecule has 0 heterocycles. The molecule has 27 heavy (non-hydrogen) atoms. The molecule has 1 amide bonds. The summed E-state index contributed by atoms with van der Waals surface area (Å²) in [5.41, 5.74) is 0. The van der Waals surface area contributed by atoms with Crippen molar-refractivity contribution in [1.82, 2.24) is 4.90 Å². The topological polar surface area (TPSA) is 65.1 Å². The van der Waals surface area contributed by atoms with Crippen LogP contribution in [-0.2, 0) is 14.3 Å². The molecule has 1 aromatic rings. The molecule has 0 radical (unpaired) electrons. The molecule has 0 bridgehead atoms. The average molecular weight is 377 g/mol. The van der Waals surface area contributed by atoms with E-state index in [9.17, 15) is 9.59 Å².